The fourth-order valence-corrected chi connectivity index (χ4v) is 2.85. The lowest BCUT2D eigenvalue weighted by Crippen LogP contribution is -2.41. The minimum Gasteiger partial charge on any atom is -0.365 e. The maximum atomic E-state index is 12.5. The van der Waals surface area contributed by atoms with Gasteiger partial charge in [-0.3, -0.25) is 9.69 Å². The predicted octanol–water partition coefficient (Wildman–Crippen LogP) is 2.64. The summed E-state index contributed by atoms with van der Waals surface area (Å²) in [6.45, 7) is 1.50. The van der Waals surface area contributed by atoms with Crippen LogP contribution in [0.15, 0.2) is 48.7 Å². The second-order valence-electron chi connectivity index (χ2n) is 5.93. The number of para-hydroxylation sites is 1. The van der Waals surface area contributed by atoms with Crippen molar-refractivity contribution in [3.05, 3.63) is 59.4 Å². The average Bonchev–Trinajstić information content (AvgIpc) is 2.98. The number of aromatic nitrogens is 1. The lowest BCUT2D eigenvalue weighted by molar-refractivity contribution is -0.126. The molecule has 1 aliphatic rings. The topological polar surface area (TPSA) is 56.8 Å². The minimum absolute atomic E-state index is 0.159. The number of hydrogen-bond acceptors (Lipinski definition) is 4. The van der Waals surface area contributed by atoms with Gasteiger partial charge < -0.3 is 9.80 Å². The van der Waals surface area contributed by atoms with Crippen molar-refractivity contribution in [3.8, 4) is 0 Å². The number of urea groups is 1. The first kappa shape index (κ1) is 17.2. The van der Waals surface area contributed by atoms with Crippen LogP contribution in [0, 0.1) is 0 Å². The average molecular weight is 359 g/mol. The Hall–Kier alpha value is -2.60. The molecule has 6 nitrogen and oxygen atoms in total. The number of likely N-dealkylation sites (N-methyl/N-ethyl adjacent to an activating group) is 1. The van der Waals surface area contributed by atoms with Gasteiger partial charge in [-0.2, -0.15) is 0 Å². The van der Waals surface area contributed by atoms with Crippen molar-refractivity contribution in [2.24, 2.45) is 0 Å². The molecular weight excluding hydrogens is 340 g/mol. The van der Waals surface area contributed by atoms with Gasteiger partial charge >= 0.3 is 6.03 Å². The van der Waals surface area contributed by atoms with Crippen LogP contribution in [0.4, 0.5) is 10.5 Å². The van der Waals surface area contributed by atoms with E-state index in [0.29, 0.717) is 24.8 Å². The van der Waals surface area contributed by atoms with Gasteiger partial charge in [-0.15, -0.1) is 0 Å². The second-order valence-corrected chi connectivity index (χ2v) is 6.32. The monoisotopic (exact) mass is 358 g/mol. The second kappa shape index (κ2) is 7.53. The van der Waals surface area contributed by atoms with Gasteiger partial charge in [-0.1, -0.05) is 35.9 Å². The smallest absolute Gasteiger partial charge is 0.327 e. The van der Waals surface area contributed by atoms with E-state index in [2.05, 4.69) is 4.98 Å². The van der Waals surface area contributed by atoms with Crippen LogP contribution in [0.5, 0.6) is 0 Å². The van der Waals surface area contributed by atoms with Crippen LogP contribution >= 0.6 is 11.6 Å². The van der Waals surface area contributed by atoms with Crippen LogP contribution in [0.1, 0.15) is 5.56 Å². The molecule has 0 spiro atoms. The van der Waals surface area contributed by atoms with Gasteiger partial charge in [-0.05, 0) is 23.8 Å². The highest BCUT2D eigenvalue weighted by Gasteiger charge is 2.33. The summed E-state index contributed by atoms with van der Waals surface area (Å²) in [5.41, 5.74) is 1.82. The summed E-state index contributed by atoms with van der Waals surface area (Å²) in [6, 6.07) is 12.9. The molecule has 7 heteroatoms. The molecule has 2 heterocycles. The van der Waals surface area contributed by atoms with E-state index < -0.39 is 0 Å². The molecule has 0 atom stereocenters. The van der Waals surface area contributed by atoms with Crippen molar-refractivity contribution in [2.45, 2.75) is 6.54 Å². The third kappa shape index (κ3) is 4.09. The van der Waals surface area contributed by atoms with Crippen LogP contribution in [-0.4, -0.2) is 53.4 Å². The maximum Gasteiger partial charge on any atom is 0.327 e. The van der Waals surface area contributed by atoms with Gasteiger partial charge in [0.1, 0.15) is 5.15 Å². The molecule has 0 saturated carbocycles. The summed E-state index contributed by atoms with van der Waals surface area (Å²) in [5.74, 6) is -0.201. The zero-order chi connectivity index (χ0) is 17.8. The number of carbonyl (C=O) groups excluding carboxylic acids is 2. The van der Waals surface area contributed by atoms with Crippen molar-refractivity contribution in [2.75, 3.05) is 31.6 Å². The highest BCUT2D eigenvalue weighted by Crippen LogP contribution is 2.16. The first-order valence-corrected chi connectivity index (χ1v) is 8.38. The maximum absolute atomic E-state index is 12.5. The van der Waals surface area contributed by atoms with Gasteiger partial charge in [0.2, 0.25) is 5.91 Å². The van der Waals surface area contributed by atoms with E-state index >= 15 is 0 Å². The van der Waals surface area contributed by atoms with E-state index in [4.69, 9.17) is 11.6 Å². The van der Waals surface area contributed by atoms with Crippen molar-refractivity contribution < 1.29 is 9.59 Å². The first-order valence-electron chi connectivity index (χ1n) is 8.00. The zero-order valence-corrected chi connectivity index (χ0v) is 14.7. The number of rotatable bonds is 5. The van der Waals surface area contributed by atoms with E-state index in [0.717, 1.165) is 11.3 Å². The van der Waals surface area contributed by atoms with Crippen molar-refractivity contribution >= 4 is 29.2 Å². The molecule has 0 aliphatic carbocycles. The van der Waals surface area contributed by atoms with Gasteiger partial charge in [0.05, 0.1) is 6.54 Å². The fraction of sp³-hybridized carbons (Fsp3) is 0.278. The quantitative estimate of drug-likeness (QED) is 0.771. The standard InChI is InChI=1S/C18H19ClN4O2/c1-21(15-5-3-2-4-6-15)13-17(24)23-10-9-22(18(23)25)12-14-7-8-16(19)20-11-14/h2-8,11H,9-10,12-13H2,1H3. The van der Waals surface area contributed by atoms with E-state index in [-0.39, 0.29) is 18.5 Å². The molecule has 130 valence electrons. The number of hydrogen-bond donors (Lipinski definition) is 0. The van der Waals surface area contributed by atoms with Gasteiger partial charge in [0, 0.05) is 38.6 Å². The van der Waals surface area contributed by atoms with Crippen molar-refractivity contribution in [1.82, 2.24) is 14.8 Å². The lowest BCUT2D eigenvalue weighted by Gasteiger charge is -2.22. The van der Waals surface area contributed by atoms with Gasteiger partial charge in [0.15, 0.2) is 0 Å². The molecule has 1 saturated heterocycles. The van der Waals surface area contributed by atoms with Gasteiger partial charge in [-0.25, -0.2) is 9.78 Å². The number of imide groups is 1. The molecule has 1 aliphatic heterocycles. The molecule has 2 aromatic rings. The Morgan fingerprint density at radius 3 is 2.64 bits per heavy atom. The zero-order valence-electron chi connectivity index (χ0n) is 13.9. The largest absolute Gasteiger partial charge is 0.365 e. The highest BCUT2D eigenvalue weighted by molar-refractivity contribution is 6.29. The molecule has 0 bridgehead atoms. The highest BCUT2D eigenvalue weighted by atomic mass is 35.5. The first-order chi connectivity index (χ1) is 12.0. The van der Waals surface area contributed by atoms with Crippen molar-refractivity contribution in [3.63, 3.8) is 0 Å². The van der Waals surface area contributed by atoms with Crippen LogP contribution in [0.3, 0.4) is 0 Å². The lowest BCUT2D eigenvalue weighted by atomic mass is 10.3. The van der Waals surface area contributed by atoms with E-state index in [1.165, 1.54) is 4.90 Å². The minimum atomic E-state index is -0.263. The number of benzene rings is 1. The summed E-state index contributed by atoms with van der Waals surface area (Å²) >= 11 is 5.77. The third-order valence-corrected chi connectivity index (χ3v) is 4.35. The molecule has 3 rings (SSSR count). The Balaban J connectivity index is 1.59. The Labute approximate surface area is 151 Å². The molecule has 0 N–H and O–H groups in total. The Bertz CT molecular complexity index is 751. The summed E-state index contributed by atoms with van der Waals surface area (Å²) in [6.07, 6.45) is 1.64. The van der Waals surface area contributed by atoms with Crippen LogP contribution in [-0.2, 0) is 11.3 Å². The van der Waals surface area contributed by atoms with E-state index in [1.807, 2.05) is 48.3 Å². The summed E-state index contributed by atoms with van der Waals surface area (Å²) in [7, 11) is 1.84. The SMILES string of the molecule is CN(CC(=O)N1CCN(Cc2ccc(Cl)nc2)C1=O)c1ccccc1. The summed E-state index contributed by atoms with van der Waals surface area (Å²) in [4.78, 5) is 33.8. The Kier molecular flexibility index (Phi) is 5.19. The number of pyridine rings is 1. The number of anilines is 1. The van der Waals surface area contributed by atoms with Crippen LogP contribution < -0.4 is 4.90 Å². The fourth-order valence-electron chi connectivity index (χ4n) is 2.74. The number of halogens is 1. The molecule has 25 heavy (non-hydrogen) atoms. The van der Waals surface area contributed by atoms with Crippen LogP contribution in [0.2, 0.25) is 5.15 Å². The predicted molar refractivity (Wildman–Crippen MR) is 96.5 cm³/mol. The van der Waals surface area contributed by atoms with Crippen molar-refractivity contribution in [1.29, 1.82) is 0 Å². The number of nitrogens with zero attached hydrogens (tertiary/aromatic N) is 4. The molecule has 3 amide bonds. The van der Waals surface area contributed by atoms with E-state index in [9.17, 15) is 9.59 Å². The molecule has 1 aromatic carbocycles. The Morgan fingerprint density at radius 2 is 1.96 bits per heavy atom. The molecule has 1 fully saturated rings. The normalized spacial score (nSPS) is 14.1. The summed E-state index contributed by atoms with van der Waals surface area (Å²) in [5, 5.41) is 0.414. The molecule has 0 unspecified atom stereocenters. The number of amides is 3. The summed E-state index contributed by atoms with van der Waals surface area (Å²) < 4.78 is 0. The van der Waals surface area contributed by atoms with Gasteiger partial charge in [0.25, 0.3) is 0 Å². The molecule has 0 radical (unpaired) electrons. The molecule has 1 aromatic heterocycles. The third-order valence-electron chi connectivity index (χ3n) is 4.13. The Morgan fingerprint density at radius 1 is 1.20 bits per heavy atom. The number of carbonyl (C=O) groups is 2. The molecular formula is C18H19ClN4O2. The van der Waals surface area contributed by atoms with Crippen LogP contribution in [0.25, 0.3) is 0 Å². The van der Waals surface area contributed by atoms with E-state index in [1.54, 1.807) is 17.2 Å².